The molecule has 0 amide bonds. The zero-order chi connectivity index (χ0) is 8.15. The molecule has 6 heteroatoms. The fraction of sp³-hybridized carbons (Fsp3) is 0. The SMILES string of the molecule is ClC(Cl)=CSC(Cl)=C(Cl)Cl. The first kappa shape index (κ1) is 11.3. The lowest BCUT2D eigenvalue weighted by atomic mass is 11.2. The number of halogens is 5. The van der Waals surface area contributed by atoms with Crippen molar-refractivity contribution in [2.45, 2.75) is 0 Å². The molecule has 0 saturated heterocycles. The van der Waals surface area contributed by atoms with Gasteiger partial charge in [0.2, 0.25) is 0 Å². The molecule has 0 aliphatic rings. The topological polar surface area (TPSA) is 0 Å². The number of rotatable bonds is 2. The first-order valence-corrected chi connectivity index (χ1v) is 4.69. The molecular weight excluding hydrogens is 257 g/mol. The highest BCUT2D eigenvalue weighted by molar-refractivity contribution is 8.07. The van der Waals surface area contributed by atoms with Crippen molar-refractivity contribution in [1.82, 2.24) is 0 Å². The molecular formula is C4HCl5S. The van der Waals surface area contributed by atoms with Gasteiger partial charge in [0.15, 0.2) is 0 Å². The van der Waals surface area contributed by atoms with E-state index in [9.17, 15) is 0 Å². The largest absolute Gasteiger partial charge is 0.132 e. The van der Waals surface area contributed by atoms with E-state index in [1.54, 1.807) is 0 Å². The van der Waals surface area contributed by atoms with Crippen LogP contribution in [0.2, 0.25) is 0 Å². The molecule has 0 atom stereocenters. The summed E-state index contributed by atoms with van der Waals surface area (Å²) in [5.74, 6) is 0. The first-order valence-electron chi connectivity index (χ1n) is 1.92. The van der Waals surface area contributed by atoms with Gasteiger partial charge in [-0.15, -0.1) is 0 Å². The molecule has 0 aromatic heterocycles. The Morgan fingerprint density at radius 3 is 1.80 bits per heavy atom. The zero-order valence-electron chi connectivity index (χ0n) is 4.38. The van der Waals surface area contributed by atoms with Crippen molar-refractivity contribution in [3.63, 3.8) is 0 Å². The minimum Gasteiger partial charge on any atom is -0.0808 e. The van der Waals surface area contributed by atoms with Gasteiger partial charge < -0.3 is 0 Å². The molecule has 0 nitrogen and oxygen atoms in total. The van der Waals surface area contributed by atoms with Crippen LogP contribution in [0.15, 0.2) is 18.8 Å². The van der Waals surface area contributed by atoms with Crippen LogP contribution in [0.1, 0.15) is 0 Å². The average molecular weight is 258 g/mol. The van der Waals surface area contributed by atoms with Gasteiger partial charge in [-0.25, -0.2) is 0 Å². The third-order valence-corrected chi connectivity index (χ3v) is 2.89. The van der Waals surface area contributed by atoms with Crippen LogP contribution < -0.4 is 0 Å². The second-order valence-electron chi connectivity index (χ2n) is 1.06. The molecule has 0 aliphatic carbocycles. The van der Waals surface area contributed by atoms with Gasteiger partial charge in [0.05, 0.1) is 0 Å². The summed E-state index contributed by atoms with van der Waals surface area (Å²) in [4.78, 5) is 0. The van der Waals surface area contributed by atoms with E-state index in [1.165, 1.54) is 5.41 Å². The fourth-order valence-corrected chi connectivity index (χ4v) is 1.09. The molecule has 0 heterocycles. The predicted octanol–water partition coefficient (Wildman–Crippen LogP) is 4.84. The maximum absolute atomic E-state index is 5.48. The van der Waals surface area contributed by atoms with Gasteiger partial charge in [0, 0.05) is 5.41 Å². The lowest BCUT2D eigenvalue weighted by Gasteiger charge is -1.90. The Morgan fingerprint density at radius 1 is 1.00 bits per heavy atom. The van der Waals surface area contributed by atoms with E-state index >= 15 is 0 Å². The van der Waals surface area contributed by atoms with Crippen LogP contribution in [0.25, 0.3) is 0 Å². The minimum atomic E-state index is -0.00231. The van der Waals surface area contributed by atoms with E-state index in [0.717, 1.165) is 11.8 Å². The predicted molar refractivity (Wildman–Crippen MR) is 52.0 cm³/mol. The van der Waals surface area contributed by atoms with E-state index in [0.29, 0.717) is 0 Å². The van der Waals surface area contributed by atoms with Crippen molar-refractivity contribution >= 4 is 69.8 Å². The normalized spacial score (nSPS) is 8.90. The standard InChI is InChI=1S/C4HCl5S/c5-2(6)1-10-4(9)3(7)8/h1H. The summed E-state index contributed by atoms with van der Waals surface area (Å²) in [7, 11) is 0. The molecule has 0 unspecified atom stereocenters. The van der Waals surface area contributed by atoms with Gasteiger partial charge in [0.1, 0.15) is 13.3 Å². The number of hydrogen-bond donors (Lipinski definition) is 0. The summed E-state index contributed by atoms with van der Waals surface area (Å²) in [5, 5.41) is 1.41. The Bertz CT molecular complexity index is 164. The van der Waals surface area contributed by atoms with Crippen LogP contribution in [-0.4, -0.2) is 0 Å². The van der Waals surface area contributed by atoms with Crippen LogP contribution in [0.3, 0.4) is 0 Å². The van der Waals surface area contributed by atoms with E-state index in [2.05, 4.69) is 0 Å². The number of hydrogen-bond acceptors (Lipinski definition) is 1. The summed E-state index contributed by atoms with van der Waals surface area (Å²) in [6.07, 6.45) is 0. The first-order chi connectivity index (χ1) is 4.54. The molecule has 0 radical (unpaired) electrons. The Balaban J connectivity index is 3.94. The molecule has 0 aromatic carbocycles. The summed E-state index contributed by atoms with van der Waals surface area (Å²) in [6.45, 7) is 0. The minimum absolute atomic E-state index is 0.00231. The Labute approximate surface area is 88.1 Å². The van der Waals surface area contributed by atoms with Crippen LogP contribution in [0.4, 0.5) is 0 Å². The molecule has 58 valence electrons. The summed E-state index contributed by atoms with van der Waals surface area (Å²) < 4.78 is 0.345. The zero-order valence-corrected chi connectivity index (χ0v) is 8.97. The van der Waals surface area contributed by atoms with Gasteiger partial charge in [-0.05, 0) is 0 Å². The molecule has 0 saturated carbocycles. The third-order valence-electron chi connectivity index (χ3n) is 0.400. The lowest BCUT2D eigenvalue weighted by molar-refractivity contribution is 2.25. The van der Waals surface area contributed by atoms with Crippen molar-refractivity contribution in [2.75, 3.05) is 0 Å². The monoisotopic (exact) mass is 256 g/mol. The Hall–Kier alpha value is 1.28. The van der Waals surface area contributed by atoms with Gasteiger partial charge >= 0.3 is 0 Å². The summed E-state index contributed by atoms with van der Waals surface area (Å²) in [6, 6.07) is 0. The molecule has 0 aromatic rings. The third kappa shape index (κ3) is 6.02. The van der Waals surface area contributed by atoms with Crippen molar-refractivity contribution in [3.05, 3.63) is 18.8 Å². The average Bonchev–Trinajstić information content (AvgIpc) is 1.82. The van der Waals surface area contributed by atoms with E-state index in [4.69, 9.17) is 58.0 Å². The molecule has 10 heavy (non-hydrogen) atoms. The molecule has 0 spiro atoms. The summed E-state index contributed by atoms with van der Waals surface area (Å²) in [5.41, 5.74) is 0. The smallest absolute Gasteiger partial charge is 0.0808 e. The Kier molecular flexibility index (Phi) is 6.62. The highest BCUT2D eigenvalue weighted by Crippen LogP contribution is 2.31. The van der Waals surface area contributed by atoms with Gasteiger partial charge in [-0.1, -0.05) is 69.8 Å². The van der Waals surface area contributed by atoms with Crippen LogP contribution >= 0.6 is 69.8 Å². The quantitative estimate of drug-likeness (QED) is 0.683. The molecule has 0 bridgehead atoms. The highest BCUT2D eigenvalue weighted by atomic mass is 35.5. The van der Waals surface area contributed by atoms with Crippen molar-refractivity contribution in [3.8, 4) is 0 Å². The molecule has 0 N–H and O–H groups in total. The van der Waals surface area contributed by atoms with Gasteiger partial charge in [0.25, 0.3) is 0 Å². The van der Waals surface area contributed by atoms with Crippen LogP contribution in [0, 0.1) is 0 Å². The maximum atomic E-state index is 5.48. The lowest BCUT2D eigenvalue weighted by Crippen LogP contribution is -1.59. The highest BCUT2D eigenvalue weighted by Gasteiger charge is 1.96. The van der Waals surface area contributed by atoms with E-state index in [-0.39, 0.29) is 13.3 Å². The Morgan fingerprint density at radius 2 is 1.50 bits per heavy atom. The van der Waals surface area contributed by atoms with Crippen molar-refractivity contribution in [1.29, 1.82) is 0 Å². The van der Waals surface area contributed by atoms with Crippen molar-refractivity contribution < 1.29 is 0 Å². The second kappa shape index (κ2) is 5.87. The molecule has 0 aliphatic heterocycles. The van der Waals surface area contributed by atoms with Gasteiger partial charge in [-0.3, -0.25) is 0 Å². The van der Waals surface area contributed by atoms with E-state index in [1.807, 2.05) is 0 Å². The molecule has 0 rings (SSSR count). The second-order valence-corrected chi connectivity index (χ2v) is 4.50. The molecule has 0 fully saturated rings. The van der Waals surface area contributed by atoms with Crippen molar-refractivity contribution in [2.24, 2.45) is 0 Å². The van der Waals surface area contributed by atoms with Crippen LogP contribution in [-0.2, 0) is 0 Å². The number of thioether (sulfide) groups is 1. The summed E-state index contributed by atoms with van der Waals surface area (Å²) >= 11 is 27.6. The van der Waals surface area contributed by atoms with E-state index < -0.39 is 0 Å². The van der Waals surface area contributed by atoms with Crippen LogP contribution in [0.5, 0.6) is 0 Å². The maximum Gasteiger partial charge on any atom is 0.132 e. The van der Waals surface area contributed by atoms with Gasteiger partial charge in [-0.2, -0.15) is 0 Å². The fourth-order valence-electron chi connectivity index (χ4n) is 0.141.